The number of aryl methyl sites for hydroxylation is 1. The van der Waals surface area contributed by atoms with Gasteiger partial charge in [-0.2, -0.15) is 0 Å². The fourth-order valence-electron chi connectivity index (χ4n) is 1.77. The van der Waals surface area contributed by atoms with Crippen LogP contribution in [0, 0.1) is 0 Å². The van der Waals surface area contributed by atoms with Gasteiger partial charge in [0.25, 0.3) is 0 Å². The van der Waals surface area contributed by atoms with E-state index in [0.29, 0.717) is 0 Å². The minimum atomic E-state index is 0.822. The Morgan fingerprint density at radius 3 is 2.86 bits per heavy atom. The standard InChI is InChI=1S/C11H15N3/c1-3-14-10-7-5-4-6-9(10)13-11(14)8-12-2/h4-7,12H,3,8H2,1-2H3. The molecular weight excluding hydrogens is 174 g/mol. The van der Waals surface area contributed by atoms with Crippen LogP contribution in [-0.4, -0.2) is 16.6 Å². The summed E-state index contributed by atoms with van der Waals surface area (Å²) in [7, 11) is 1.94. The van der Waals surface area contributed by atoms with Crippen molar-refractivity contribution < 1.29 is 0 Å². The predicted octanol–water partition coefficient (Wildman–Crippen LogP) is 1.78. The van der Waals surface area contributed by atoms with Gasteiger partial charge in [-0.3, -0.25) is 0 Å². The normalized spacial score (nSPS) is 11.0. The van der Waals surface area contributed by atoms with Gasteiger partial charge in [0.1, 0.15) is 5.82 Å². The molecule has 1 aromatic heterocycles. The number of imidazole rings is 1. The Bertz CT molecular complexity index is 431. The van der Waals surface area contributed by atoms with Crippen molar-refractivity contribution in [2.45, 2.75) is 20.0 Å². The maximum Gasteiger partial charge on any atom is 0.123 e. The van der Waals surface area contributed by atoms with E-state index in [4.69, 9.17) is 0 Å². The molecule has 0 aliphatic heterocycles. The molecule has 1 N–H and O–H groups in total. The van der Waals surface area contributed by atoms with Crippen molar-refractivity contribution in [1.82, 2.24) is 14.9 Å². The van der Waals surface area contributed by atoms with Gasteiger partial charge in [-0.15, -0.1) is 0 Å². The Hall–Kier alpha value is -1.35. The second-order valence-corrected chi connectivity index (χ2v) is 3.29. The summed E-state index contributed by atoms with van der Waals surface area (Å²) in [6.07, 6.45) is 0. The Morgan fingerprint density at radius 2 is 2.14 bits per heavy atom. The molecule has 3 nitrogen and oxygen atoms in total. The second-order valence-electron chi connectivity index (χ2n) is 3.29. The number of aromatic nitrogens is 2. The summed E-state index contributed by atoms with van der Waals surface area (Å²) >= 11 is 0. The lowest BCUT2D eigenvalue weighted by Crippen LogP contribution is -2.11. The molecular formula is C11H15N3. The van der Waals surface area contributed by atoms with Crippen LogP contribution in [-0.2, 0) is 13.1 Å². The van der Waals surface area contributed by atoms with Gasteiger partial charge in [0.05, 0.1) is 17.6 Å². The number of fused-ring (bicyclic) bond motifs is 1. The third-order valence-electron chi connectivity index (χ3n) is 2.38. The molecule has 0 radical (unpaired) electrons. The molecule has 0 aliphatic rings. The molecule has 0 bridgehead atoms. The topological polar surface area (TPSA) is 29.9 Å². The lowest BCUT2D eigenvalue weighted by molar-refractivity contribution is 0.670. The van der Waals surface area contributed by atoms with Crippen molar-refractivity contribution in [3.63, 3.8) is 0 Å². The first-order valence-electron chi connectivity index (χ1n) is 4.95. The number of benzene rings is 1. The van der Waals surface area contributed by atoms with E-state index in [2.05, 4.69) is 40.0 Å². The fraction of sp³-hybridized carbons (Fsp3) is 0.364. The highest BCUT2D eigenvalue weighted by molar-refractivity contribution is 5.75. The number of nitrogens with one attached hydrogen (secondary N) is 1. The van der Waals surface area contributed by atoms with Crippen LogP contribution < -0.4 is 5.32 Å². The molecule has 2 rings (SSSR count). The Labute approximate surface area is 83.8 Å². The molecule has 0 spiro atoms. The van der Waals surface area contributed by atoms with Crippen LogP contribution in [0.2, 0.25) is 0 Å². The van der Waals surface area contributed by atoms with Gasteiger partial charge < -0.3 is 9.88 Å². The molecule has 3 heteroatoms. The van der Waals surface area contributed by atoms with Crippen LogP contribution in [0.25, 0.3) is 11.0 Å². The van der Waals surface area contributed by atoms with Crippen molar-refractivity contribution in [2.75, 3.05) is 7.05 Å². The quantitative estimate of drug-likeness (QED) is 0.797. The molecule has 0 amide bonds. The van der Waals surface area contributed by atoms with Crippen molar-refractivity contribution in [2.24, 2.45) is 0 Å². The van der Waals surface area contributed by atoms with Crippen LogP contribution in [0.4, 0.5) is 0 Å². The first kappa shape index (κ1) is 9.21. The van der Waals surface area contributed by atoms with Crippen LogP contribution in [0.5, 0.6) is 0 Å². The second kappa shape index (κ2) is 3.80. The van der Waals surface area contributed by atoms with E-state index in [0.717, 1.165) is 24.4 Å². The first-order chi connectivity index (χ1) is 6.86. The molecule has 0 saturated carbocycles. The zero-order chi connectivity index (χ0) is 9.97. The van der Waals surface area contributed by atoms with E-state index in [9.17, 15) is 0 Å². The molecule has 0 unspecified atom stereocenters. The summed E-state index contributed by atoms with van der Waals surface area (Å²) < 4.78 is 2.24. The van der Waals surface area contributed by atoms with E-state index in [-0.39, 0.29) is 0 Å². The predicted molar refractivity (Wildman–Crippen MR) is 58.2 cm³/mol. The lowest BCUT2D eigenvalue weighted by atomic mass is 10.3. The summed E-state index contributed by atoms with van der Waals surface area (Å²) in [5, 5.41) is 3.14. The summed E-state index contributed by atoms with van der Waals surface area (Å²) in [5.41, 5.74) is 2.31. The SMILES string of the molecule is CCn1c(CNC)nc2ccccc21. The van der Waals surface area contributed by atoms with Gasteiger partial charge in [0.15, 0.2) is 0 Å². The van der Waals surface area contributed by atoms with E-state index >= 15 is 0 Å². The molecule has 74 valence electrons. The summed E-state index contributed by atoms with van der Waals surface area (Å²) in [5.74, 6) is 1.11. The minimum Gasteiger partial charge on any atom is -0.327 e. The van der Waals surface area contributed by atoms with Gasteiger partial charge in [-0.05, 0) is 26.1 Å². The maximum absolute atomic E-state index is 4.57. The fourth-order valence-corrected chi connectivity index (χ4v) is 1.77. The molecule has 1 aromatic carbocycles. The Morgan fingerprint density at radius 1 is 1.36 bits per heavy atom. The van der Waals surface area contributed by atoms with E-state index in [1.807, 2.05) is 13.1 Å². The third-order valence-corrected chi connectivity index (χ3v) is 2.38. The van der Waals surface area contributed by atoms with Crippen molar-refractivity contribution in [1.29, 1.82) is 0 Å². The van der Waals surface area contributed by atoms with Gasteiger partial charge in [0.2, 0.25) is 0 Å². The molecule has 0 aliphatic carbocycles. The number of rotatable bonds is 3. The molecule has 0 fully saturated rings. The Balaban J connectivity index is 2.60. The minimum absolute atomic E-state index is 0.822. The van der Waals surface area contributed by atoms with Gasteiger partial charge >= 0.3 is 0 Å². The zero-order valence-corrected chi connectivity index (χ0v) is 8.62. The van der Waals surface area contributed by atoms with E-state index in [1.54, 1.807) is 0 Å². The number of hydrogen-bond acceptors (Lipinski definition) is 2. The number of nitrogens with zero attached hydrogens (tertiary/aromatic N) is 2. The van der Waals surface area contributed by atoms with E-state index < -0.39 is 0 Å². The van der Waals surface area contributed by atoms with E-state index in [1.165, 1.54) is 5.52 Å². The zero-order valence-electron chi connectivity index (χ0n) is 8.62. The first-order valence-corrected chi connectivity index (χ1v) is 4.95. The van der Waals surface area contributed by atoms with Gasteiger partial charge in [0, 0.05) is 6.54 Å². The third kappa shape index (κ3) is 1.40. The van der Waals surface area contributed by atoms with Crippen molar-refractivity contribution in [3.05, 3.63) is 30.1 Å². The molecule has 1 heterocycles. The van der Waals surface area contributed by atoms with Crippen molar-refractivity contribution >= 4 is 11.0 Å². The highest BCUT2D eigenvalue weighted by Gasteiger charge is 2.06. The molecule has 0 saturated heterocycles. The average Bonchev–Trinajstić information content (AvgIpc) is 2.55. The van der Waals surface area contributed by atoms with Crippen LogP contribution in [0.1, 0.15) is 12.7 Å². The molecule has 14 heavy (non-hydrogen) atoms. The van der Waals surface area contributed by atoms with Crippen molar-refractivity contribution in [3.8, 4) is 0 Å². The van der Waals surface area contributed by atoms with Crippen LogP contribution in [0.15, 0.2) is 24.3 Å². The average molecular weight is 189 g/mol. The highest BCUT2D eigenvalue weighted by Crippen LogP contribution is 2.15. The monoisotopic (exact) mass is 189 g/mol. The van der Waals surface area contributed by atoms with Crippen LogP contribution >= 0.6 is 0 Å². The molecule has 2 aromatic rings. The maximum atomic E-state index is 4.57. The van der Waals surface area contributed by atoms with Gasteiger partial charge in [-0.25, -0.2) is 4.98 Å². The summed E-state index contributed by atoms with van der Waals surface area (Å²) in [6.45, 7) is 3.94. The summed E-state index contributed by atoms with van der Waals surface area (Å²) in [4.78, 5) is 4.57. The number of para-hydroxylation sites is 2. The lowest BCUT2D eigenvalue weighted by Gasteiger charge is -2.04. The van der Waals surface area contributed by atoms with Gasteiger partial charge in [-0.1, -0.05) is 12.1 Å². The Kier molecular flexibility index (Phi) is 2.50. The summed E-state index contributed by atoms with van der Waals surface area (Å²) in [6, 6.07) is 8.25. The molecule has 0 atom stereocenters. The highest BCUT2D eigenvalue weighted by atomic mass is 15.1. The smallest absolute Gasteiger partial charge is 0.123 e. The van der Waals surface area contributed by atoms with Crippen LogP contribution in [0.3, 0.4) is 0 Å². The largest absolute Gasteiger partial charge is 0.327 e. The number of hydrogen-bond donors (Lipinski definition) is 1.